The largest absolute Gasteiger partial charge is 0.272 e. The SMILES string of the molecule is C[C@@H]1CC(=NNC(=O)c2ccccc2Br)CC(C)(C)C1. The highest BCUT2D eigenvalue weighted by molar-refractivity contribution is 9.10. The predicted octanol–water partition coefficient (Wildman–Crippen LogP) is 4.38. The summed E-state index contributed by atoms with van der Waals surface area (Å²) in [5.41, 5.74) is 4.66. The van der Waals surface area contributed by atoms with Gasteiger partial charge >= 0.3 is 0 Å². The quantitative estimate of drug-likeness (QED) is 0.800. The molecule has 1 aromatic carbocycles. The smallest absolute Gasteiger partial charge is 0.267 e. The number of halogens is 1. The Hall–Kier alpha value is -1.16. The molecule has 2 rings (SSSR count). The summed E-state index contributed by atoms with van der Waals surface area (Å²) in [7, 11) is 0. The first-order valence-corrected chi connectivity index (χ1v) is 7.77. The second-order valence-electron chi connectivity index (χ2n) is 6.45. The number of hydrogen-bond acceptors (Lipinski definition) is 2. The van der Waals surface area contributed by atoms with Crippen LogP contribution in [0.5, 0.6) is 0 Å². The fourth-order valence-corrected chi connectivity index (χ4v) is 3.50. The molecule has 20 heavy (non-hydrogen) atoms. The first-order valence-electron chi connectivity index (χ1n) is 6.98. The topological polar surface area (TPSA) is 41.5 Å². The third-order valence-electron chi connectivity index (χ3n) is 3.60. The van der Waals surface area contributed by atoms with Crippen LogP contribution in [-0.2, 0) is 0 Å². The molecule has 0 heterocycles. The normalized spacial score (nSPS) is 23.6. The van der Waals surface area contributed by atoms with Gasteiger partial charge in [0.15, 0.2) is 0 Å². The minimum absolute atomic E-state index is 0.166. The highest BCUT2D eigenvalue weighted by Gasteiger charge is 2.29. The van der Waals surface area contributed by atoms with E-state index in [1.165, 1.54) is 6.42 Å². The molecule has 0 radical (unpaired) electrons. The van der Waals surface area contributed by atoms with Gasteiger partial charge < -0.3 is 0 Å². The molecule has 1 aliphatic carbocycles. The van der Waals surface area contributed by atoms with E-state index in [0.29, 0.717) is 11.5 Å². The maximum absolute atomic E-state index is 12.1. The number of benzene rings is 1. The standard InChI is InChI=1S/C16H21BrN2O/c1-11-8-12(10-16(2,3)9-11)18-19-15(20)13-6-4-5-7-14(13)17/h4-7,11H,8-10H2,1-3H3,(H,19,20)/t11-/m1/s1. The van der Waals surface area contributed by atoms with E-state index in [9.17, 15) is 4.79 Å². The Morgan fingerprint density at radius 1 is 1.40 bits per heavy atom. The highest BCUT2D eigenvalue weighted by Crippen LogP contribution is 2.36. The molecule has 0 unspecified atom stereocenters. The van der Waals surface area contributed by atoms with Crippen molar-refractivity contribution >= 4 is 27.5 Å². The number of hydrazone groups is 1. The van der Waals surface area contributed by atoms with Crippen molar-refractivity contribution in [3.63, 3.8) is 0 Å². The molecular weight excluding hydrogens is 316 g/mol. The molecule has 1 saturated carbocycles. The fraction of sp³-hybridized carbons (Fsp3) is 0.500. The van der Waals surface area contributed by atoms with Crippen molar-refractivity contribution < 1.29 is 4.79 Å². The third-order valence-corrected chi connectivity index (χ3v) is 4.29. The zero-order valence-corrected chi connectivity index (χ0v) is 13.8. The second kappa shape index (κ2) is 6.08. The summed E-state index contributed by atoms with van der Waals surface area (Å²) in [5.74, 6) is 0.457. The number of nitrogens with one attached hydrogen (secondary N) is 1. The molecule has 0 bridgehead atoms. The first kappa shape index (κ1) is 15.2. The van der Waals surface area contributed by atoms with Gasteiger partial charge in [-0.1, -0.05) is 32.9 Å². The van der Waals surface area contributed by atoms with E-state index >= 15 is 0 Å². The molecule has 4 heteroatoms. The molecule has 1 atom stereocenters. The van der Waals surface area contributed by atoms with Crippen LogP contribution in [-0.4, -0.2) is 11.6 Å². The number of hydrogen-bond donors (Lipinski definition) is 1. The van der Waals surface area contributed by atoms with Crippen LogP contribution in [0.15, 0.2) is 33.8 Å². The molecular formula is C16H21BrN2O. The highest BCUT2D eigenvalue weighted by atomic mass is 79.9. The van der Waals surface area contributed by atoms with E-state index < -0.39 is 0 Å². The van der Waals surface area contributed by atoms with Crippen molar-refractivity contribution in [2.75, 3.05) is 0 Å². The Morgan fingerprint density at radius 2 is 2.10 bits per heavy atom. The lowest BCUT2D eigenvalue weighted by Gasteiger charge is -2.34. The van der Waals surface area contributed by atoms with E-state index in [4.69, 9.17) is 0 Å². The van der Waals surface area contributed by atoms with E-state index in [1.807, 2.05) is 18.2 Å². The minimum atomic E-state index is -0.166. The molecule has 1 amide bonds. The van der Waals surface area contributed by atoms with Crippen molar-refractivity contribution in [1.29, 1.82) is 0 Å². The van der Waals surface area contributed by atoms with Crippen LogP contribution in [0, 0.1) is 11.3 Å². The summed E-state index contributed by atoms with van der Waals surface area (Å²) in [6.45, 7) is 6.76. The molecule has 1 N–H and O–H groups in total. The molecule has 0 saturated heterocycles. The van der Waals surface area contributed by atoms with Gasteiger partial charge in [0, 0.05) is 10.2 Å². The van der Waals surface area contributed by atoms with Gasteiger partial charge in [0.1, 0.15) is 0 Å². The van der Waals surface area contributed by atoms with Crippen molar-refractivity contribution in [2.24, 2.45) is 16.4 Å². The Balaban J connectivity index is 2.06. The van der Waals surface area contributed by atoms with Gasteiger partial charge in [-0.2, -0.15) is 5.10 Å². The maximum Gasteiger partial charge on any atom is 0.272 e. The van der Waals surface area contributed by atoms with Gasteiger partial charge in [0.05, 0.1) is 5.56 Å². The first-order chi connectivity index (χ1) is 9.37. The van der Waals surface area contributed by atoms with E-state index in [1.54, 1.807) is 6.07 Å². The molecule has 1 aromatic rings. The number of amides is 1. The maximum atomic E-state index is 12.1. The van der Waals surface area contributed by atoms with Gasteiger partial charge in [-0.05, 0) is 58.7 Å². The molecule has 108 valence electrons. The van der Waals surface area contributed by atoms with Gasteiger partial charge in [0.2, 0.25) is 0 Å². The van der Waals surface area contributed by atoms with Crippen LogP contribution in [0.1, 0.15) is 50.4 Å². The van der Waals surface area contributed by atoms with Crippen molar-refractivity contribution in [1.82, 2.24) is 5.43 Å². The summed E-state index contributed by atoms with van der Waals surface area (Å²) in [6, 6.07) is 7.37. The van der Waals surface area contributed by atoms with Crippen molar-refractivity contribution in [3.05, 3.63) is 34.3 Å². The molecule has 0 aromatic heterocycles. The van der Waals surface area contributed by atoms with Crippen LogP contribution in [0.2, 0.25) is 0 Å². The average Bonchev–Trinajstić information content (AvgIpc) is 2.34. The third kappa shape index (κ3) is 3.92. The number of carbonyl (C=O) groups excluding carboxylic acids is 1. The van der Waals surface area contributed by atoms with Crippen molar-refractivity contribution in [2.45, 2.75) is 40.0 Å². The summed E-state index contributed by atoms with van der Waals surface area (Å²) < 4.78 is 0.787. The second-order valence-corrected chi connectivity index (χ2v) is 7.31. The Labute approximate surface area is 129 Å². The Bertz CT molecular complexity index is 537. The zero-order chi connectivity index (χ0) is 14.8. The molecule has 1 aliphatic rings. The monoisotopic (exact) mass is 336 g/mol. The van der Waals surface area contributed by atoms with Crippen LogP contribution in [0.25, 0.3) is 0 Å². The molecule has 3 nitrogen and oxygen atoms in total. The van der Waals surface area contributed by atoms with Crippen LogP contribution >= 0.6 is 15.9 Å². The van der Waals surface area contributed by atoms with E-state index in [0.717, 1.165) is 23.0 Å². The van der Waals surface area contributed by atoms with Crippen LogP contribution < -0.4 is 5.43 Å². The van der Waals surface area contributed by atoms with E-state index in [2.05, 4.69) is 47.2 Å². The van der Waals surface area contributed by atoms with Gasteiger partial charge in [0.25, 0.3) is 5.91 Å². The van der Waals surface area contributed by atoms with Crippen LogP contribution in [0.3, 0.4) is 0 Å². The Kier molecular flexibility index (Phi) is 4.63. The fourth-order valence-electron chi connectivity index (χ4n) is 3.04. The number of nitrogens with zero attached hydrogens (tertiary/aromatic N) is 1. The molecule has 1 fully saturated rings. The number of carbonyl (C=O) groups is 1. The lowest BCUT2D eigenvalue weighted by Crippen LogP contribution is -2.30. The van der Waals surface area contributed by atoms with E-state index in [-0.39, 0.29) is 11.3 Å². The molecule has 0 spiro atoms. The lowest BCUT2D eigenvalue weighted by atomic mass is 9.72. The summed E-state index contributed by atoms with van der Waals surface area (Å²) in [5, 5.41) is 4.34. The predicted molar refractivity (Wildman–Crippen MR) is 85.8 cm³/mol. The Morgan fingerprint density at radius 3 is 2.75 bits per heavy atom. The summed E-state index contributed by atoms with van der Waals surface area (Å²) in [6.07, 6.45) is 3.14. The van der Waals surface area contributed by atoms with Crippen LogP contribution in [0.4, 0.5) is 0 Å². The van der Waals surface area contributed by atoms with Gasteiger partial charge in [-0.15, -0.1) is 0 Å². The van der Waals surface area contributed by atoms with Crippen molar-refractivity contribution in [3.8, 4) is 0 Å². The molecule has 0 aliphatic heterocycles. The minimum Gasteiger partial charge on any atom is -0.267 e. The van der Waals surface area contributed by atoms with Gasteiger partial charge in [-0.25, -0.2) is 5.43 Å². The average molecular weight is 337 g/mol. The number of rotatable bonds is 2. The zero-order valence-electron chi connectivity index (χ0n) is 12.2. The lowest BCUT2D eigenvalue weighted by molar-refractivity contribution is 0.0953. The summed E-state index contributed by atoms with van der Waals surface area (Å²) in [4.78, 5) is 12.1. The summed E-state index contributed by atoms with van der Waals surface area (Å²) >= 11 is 3.38. The van der Waals surface area contributed by atoms with Gasteiger partial charge in [-0.3, -0.25) is 4.79 Å².